The van der Waals surface area contributed by atoms with Gasteiger partial charge in [0.1, 0.15) is 0 Å². The molecule has 6 nitrogen and oxygen atoms in total. The van der Waals surface area contributed by atoms with E-state index in [2.05, 4.69) is 20.9 Å². The minimum Gasteiger partial charge on any atom is -0.459 e. The third-order valence-electron chi connectivity index (χ3n) is 4.32. The van der Waals surface area contributed by atoms with Gasteiger partial charge in [-0.3, -0.25) is 9.79 Å². The zero-order valence-electron chi connectivity index (χ0n) is 16.8. The molecule has 1 heterocycles. The summed E-state index contributed by atoms with van der Waals surface area (Å²) in [5.41, 5.74) is 0.00842. The SMILES string of the molecule is CN=C(NCCNC(=O)c1ccco1)NCCC(C)c1cccc(C(F)(F)F)c1.I. The molecule has 3 N–H and O–H groups in total. The van der Waals surface area contributed by atoms with Crippen molar-refractivity contribution in [3.8, 4) is 0 Å². The summed E-state index contributed by atoms with van der Waals surface area (Å²) < 4.78 is 43.5. The highest BCUT2D eigenvalue weighted by Gasteiger charge is 2.30. The lowest BCUT2D eigenvalue weighted by molar-refractivity contribution is -0.137. The lowest BCUT2D eigenvalue weighted by atomic mass is 9.96. The van der Waals surface area contributed by atoms with Crippen LogP contribution in [0.4, 0.5) is 13.2 Å². The van der Waals surface area contributed by atoms with Crippen LogP contribution in [0.1, 0.15) is 40.9 Å². The van der Waals surface area contributed by atoms with E-state index >= 15 is 0 Å². The minimum absolute atomic E-state index is 0. The van der Waals surface area contributed by atoms with Crippen molar-refractivity contribution in [3.05, 3.63) is 59.5 Å². The van der Waals surface area contributed by atoms with E-state index in [1.807, 2.05) is 6.92 Å². The number of alkyl halides is 3. The molecule has 1 aromatic carbocycles. The summed E-state index contributed by atoms with van der Waals surface area (Å²) in [6, 6.07) is 8.62. The summed E-state index contributed by atoms with van der Waals surface area (Å²) in [5, 5.41) is 8.88. The van der Waals surface area contributed by atoms with Crippen LogP contribution >= 0.6 is 24.0 Å². The maximum absolute atomic E-state index is 12.8. The predicted octanol–water partition coefficient (Wildman–Crippen LogP) is 4.01. The van der Waals surface area contributed by atoms with Gasteiger partial charge in [-0.15, -0.1) is 24.0 Å². The number of nitrogens with one attached hydrogen (secondary N) is 3. The minimum atomic E-state index is -4.34. The maximum Gasteiger partial charge on any atom is 0.416 e. The fourth-order valence-electron chi connectivity index (χ4n) is 2.67. The summed E-state index contributed by atoms with van der Waals surface area (Å²) in [6.07, 6.45) is -2.27. The Morgan fingerprint density at radius 2 is 1.80 bits per heavy atom. The lowest BCUT2D eigenvalue weighted by Gasteiger charge is -2.16. The van der Waals surface area contributed by atoms with E-state index in [0.29, 0.717) is 37.6 Å². The molecular formula is C20H26F3IN4O2. The quantitative estimate of drug-likeness (QED) is 0.206. The Balaban J connectivity index is 0.00000450. The molecule has 0 saturated carbocycles. The topological polar surface area (TPSA) is 78.7 Å². The van der Waals surface area contributed by atoms with Gasteiger partial charge in [-0.25, -0.2) is 0 Å². The summed E-state index contributed by atoms with van der Waals surface area (Å²) in [7, 11) is 1.62. The van der Waals surface area contributed by atoms with Crippen molar-refractivity contribution < 1.29 is 22.4 Å². The van der Waals surface area contributed by atoms with Crippen molar-refractivity contribution in [2.45, 2.75) is 25.4 Å². The second-order valence-electron chi connectivity index (χ2n) is 6.47. The number of hydrogen-bond acceptors (Lipinski definition) is 3. The van der Waals surface area contributed by atoms with Gasteiger partial charge in [-0.05, 0) is 36.1 Å². The van der Waals surface area contributed by atoms with Gasteiger partial charge in [0, 0.05) is 26.7 Å². The number of amides is 1. The first-order valence-electron chi connectivity index (χ1n) is 9.24. The Morgan fingerprint density at radius 3 is 2.43 bits per heavy atom. The normalized spacial score (nSPS) is 12.6. The molecule has 0 bridgehead atoms. The van der Waals surface area contributed by atoms with E-state index in [1.54, 1.807) is 25.2 Å². The zero-order chi connectivity index (χ0) is 21.3. The first-order chi connectivity index (χ1) is 13.8. The third-order valence-corrected chi connectivity index (χ3v) is 4.32. The highest BCUT2D eigenvalue weighted by atomic mass is 127. The van der Waals surface area contributed by atoms with E-state index in [9.17, 15) is 18.0 Å². The van der Waals surface area contributed by atoms with Crippen LogP contribution < -0.4 is 16.0 Å². The standard InChI is InChI=1S/C20H25F3N4O2.HI/c1-14(15-5-3-6-16(13-15)20(21,22)23)8-9-26-19(24-2)27-11-10-25-18(28)17-7-4-12-29-17;/h3-7,12-14H,8-11H2,1-2H3,(H,25,28)(H2,24,26,27);1H. The summed E-state index contributed by atoms with van der Waals surface area (Å²) in [5.74, 6) is 0.453. The Hall–Kier alpha value is -2.24. The van der Waals surface area contributed by atoms with Gasteiger partial charge >= 0.3 is 6.18 Å². The number of halogens is 4. The highest BCUT2D eigenvalue weighted by Crippen LogP contribution is 2.31. The molecule has 2 rings (SSSR count). The van der Waals surface area contributed by atoms with Gasteiger partial charge in [-0.2, -0.15) is 13.2 Å². The van der Waals surface area contributed by atoms with Crippen molar-refractivity contribution in [3.63, 3.8) is 0 Å². The van der Waals surface area contributed by atoms with Crippen LogP contribution in [-0.2, 0) is 6.18 Å². The number of furan rings is 1. The van der Waals surface area contributed by atoms with E-state index in [0.717, 1.165) is 6.07 Å². The monoisotopic (exact) mass is 538 g/mol. The predicted molar refractivity (Wildman–Crippen MR) is 120 cm³/mol. The number of aliphatic imine (C=N–C) groups is 1. The van der Waals surface area contributed by atoms with Crippen LogP contribution in [0.2, 0.25) is 0 Å². The summed E-state index contributed by atoms with van der Waals surface area (Å²) in [6.45, 7) is 3.25. The van der Waals surface area contributed by atoms with Crippen molar-refractivity contribution in [1.29, 1.82) is 0 Å². The van der Waals surface area contributed by atoms with Crippen LogP contribution in [0.15, 0.2) is 52.1 Å². The Bertz CT molecular complexity index is 811. The first-order valence-corrected chi connectivity index (χ1v) is 9.24. The van der Waals surface area contributed by atoms with E-state index < -0.39 is 11.7 Å². The van der Waals surface area contributed by atoms with E-state index in [1.165, 1.54) is 18.4 Å². The molecule has 10 heteroatoms. The average Bonchev–Trinajstić information content (AvgIpc) is 3.24. The second-order valence-corrected chi connectivity index (χ2v) is 6.47. The molecule has 30 heavy (non-hydrogen) atoms. The first kappa shape index (κ1) is 25.8. The average molecular weight is 538 g/mol. The molecule has 0 fully saturated rings. The molecule has 0 radical (unpaired) electrons. The van der Waals surface area contributed by atoms with E-state index in [-0.39, 0.29) is 41.6 Å². The largest absolute Gasteiger partial charge is 0.459 e. The van der Waals surface area contributed by atoms with Crippen LogP contribution in [0.25, 0.3) is 0 Å². The van der Waals surface area contributed by atoms with Crippen molar-refractivity contribution in [1.82, 2.24) is 16.0 Å². The zero-order valence-corrected chi connectivity index (χ0v) is 19.1. The van der Waals surface area contributed by atoms with Gasteiger partial charge in [0.15, 0.2) is 11.7 Å². The van der Waals surface area contributed by atoms with Crippen LogP contribution in [0.5, 0.6) is 0 Å². The highest BCUT2D eigenvalue weighted by molar-refractivity contribution is 14.0. The Morgan fingerprint density at radius 1 is 1.10 bits per heavy atom. The third kappa shape index (κ3) is 8.25. The molecule has 1 amide bonds. The molecule has 1 atom stereocenters. The number of guanidine groups is 1. The van der Waals surface area contributed by atoms with Crippen LogP contribution in [-0.4, -0.2) is 38.5 Å². The van der Waals surface area contributed by atoms with Crippen molar-refractivity contribution >= 4 is 35.8 Å². The van der Waals surface area contributed by atoms with Crippen LogP contribution in [0.3, 0.4) is 0 Å². The number of benzene rings is 1. The molecular weight excluding hydrogens is 512 g/mol. The Kier molecular flexibility index (Phi) is 10.7. The van der Waals surface area contributed by atoms with Gasteiger partial charge in [-0.1, -0.05) is 25.1 Å². The molecule has 0 spiro atoms. The lowest BCUT2D eigenvalue weighted by Crippen LogP contribution is -2.42. The van der Waals surface area contributed by atoms with Gasteiger partial charge in [0.25, 0.3) is 5.91 Å². The molecule has 1 unspecified atom stereocenters. The Labute approximate surface area is 190 Å². The van der Waals surface area contributed by atoms with Crippen molar-refractivity contribution in [2.75, 3.05) is 26.7 Å². The maximum atomic E-state index is 12.8. The number of hydrogen-bond donors (Lipinski definition) is 3. The molecule has 0 aliphatic heterocycles. The van der Waals surface area contributed by atoms with Gasteiger partial charge < -0.3 is 20.4 Å². The second kappa shape index (κ2) is 12.5. The number of carbonyl (C=O) groups excluding carboxylic acids is 1. The van der Waals surface area contributed by atoms with Crippen molar-refractivity contribution in [2.24, 2.45) is 4.99 Å². The molecule has 1 aromatic heterocycles. The number of nitrogens with zero attached hydrogens (tertiary/aromatic N) is 1. The fraction of sp³-hybridized carbons (Fsp3) is 0.400. The number of carbonyl (C=O) groups is 1. The van der Waals surface area contributed by atoms with Crippen LogP contribution in [0, 0.1) is 0 Å². The summed E-state index contributed by atoms with van der Waals surface area (Å²) in [4.78, 5) is 15.8. The van der Waals surface area contributed by atoms with Gasteiger partial charge in [0.05, 0.1) is 11.8 Å². The van der Waals surface area contributed by atoms with Gasteiger partial charge in [0.2, 0.25) is 0 Å². The molecule has 166 valence electrons. The fourth-order valence-corrected chi connectivity index (χ4v) is 2.67. The smallest absolute Gasteiger partial charge is 0.416 e. The molecule has 0 aliphatic rings. The molecule has 0 aliphatic carbocycles. The summed E-state index contributed by atoms with van der Waals surface area (Å²) >= 11 is 0. The molecule has 2 aromatic rings. The van der Waals surface area contributed by atoms with E-state index in [4.69, 9.17) is 4.42 Å². The number of rotatable bonds is 8. The molecule has 0 saturated heterocycles.